The second kappa shape index (κ2) is 7.66. The van der Waals surface area contributed by atoms with Gasteiger partial charge in [-0.3, -0.25) is 0 Å². The van der Waals surface area contributed by atoms with Gasteiger partial charge in [0.1, 0.15) is 5.75 Å². The number of ether oxygens (including phenoxy) is 1. The molecule has 29 heavy (non-hydrogen) atoms. The van der Waals surface area contributed by atoms with E-state index in [-0.39, 0.29) is 12.2 Å². The molecule has 148 valence electrons. The molecule has 3 aromatic carbocycles. The number of halogens is 1. The number of anilines is 2. The predicted octanol–water partition coefficient (Wildman–Crippen LogP) is 4.71. The zero-order valence-electron chi connectivity index (χ0n) is 15.6. The van der Waals surface area contributed by atoms with Crippen molar-refractivity contribution in [3.63, 3.8) is 0 Å². The lowest BCUT2D eigenvalue weighted by molar-refractivity contribution is 0.0695. The number of carboxylic acid groups (broad SMARTS) is 1. The summed E-state index contributed by atoms with van der Waals surface area (Å²) in [6, 6.07) is 16.2. The molecule has 0 saturated heterocycles. The molecule has 7 heteroatoms. The fraction of sp³-hybridized carbons (Fsp3) is 0.136. The number of benzene rings is 3. The van der Waals surface area contributed by atoms with Crippen molar-refractivity contribution in [2.24, 2.45) is 0 Å². The van der Waals surface area contributed by atoms with Gasteiger partial charge in [-0.1, -0.05) is 41.9 Å². The minimum atomic E-state index is -0.993. The van der Waals surface area contributed by atoms with E-state index < -0.39 is 12.3 Å². The Morgan fingerprint density at radius 2 is 1.76 bits per heavy atom. The van der Waals surface area contributed by atoms with Gasteiger partial charge in [0.2, 0.25) is 6.35 Å². The summed E-state index contributed by atoms with van der Waals surface area (Å²) in [5.41, 5.74) is 5.11. The van der Waals surface area contributed by atoms with Crippen molar-refractivity contribution in [2.75, 3.05) is 10.6 Å². The van der Waals surface area contributed by atoms with Gasteiger partial charge in [0.25, 0.3) is 0 Å². The second-order valence-electron chi connectivity index (χ2n) is 6.80. The molecule has 6 nitrogen and oxygen atoms in total. The van der Waals surface area contributed by atoms with Crippen LogP contribution in [0.5, 0.6) is 5.75 Å². The van der Waals surface area contributed by atoms with Gasteiger partial charge in [0.15, 0.2) is 0 Å². The maximum atomic E-state index is 11.3. The molecule has 0 spiro atoms. The van der Waals surface area contributed by atoms with Crippen molar-refractivity contribution < 1.29 is 19.7 Å². The molecule has 1 heterocycles. The average Bonchev–Trinajstić information content (AvgIpc) is 3.09. The molecule has 1 aliphatic rings. The molecule has 0 bridgehead atoms. The zero-order chi connectivity index (χ0) is 20.5. The fourth-order valence-electron chi connectivity index (χ4n) is 3.24. The van der Waals surface area contributed by atoms with Gasteiger partial charge in [0.05, 0.1) is 28.6 Å². The highest BCUT2D eigenvalue weighted by Gasteiger charge is 2.23. The standard InChI is InChI=1S/C22H19ClN2O4/c1-12-2-7-15(8-16(12)21(27)28)29-22-24-19-9-17(18(23)10-20(19)25-22)14-5-3-13(11-26)4-6-14/h2-10,22,24-26H,11H2,1H3,(H,27,28). The first-order valence-corrected chi connectivity index (χ1v) is 9.40. The molecular weight excluding hydrogens is 392 g/mol. The molecule has 4 N–H and O–H groups in total. The Balaban J connectivity index is 1.55. The highest BCUT2D eigenvalue weighted by atomic mass is 35.5. The molecule has 1 atom stereocenters. The van der Waals surface area contributed by atoms with Crippen LogP contribution < -0.4 is 15.4 Å². The summed E-state index contributed by atoms with van der Waals surface area (Å²) in [7, 11) is 0. The van der Waals surface area contributed by atoms with Crippen LogP contribution in [-0.4, -0.2) is 22.5 Å². The van der Waals surface area contributed by atoms with Gasteiger partial charge < -0.3 is 25.6 Å². The number of carbonyl (C=O) groups is 1. The maximum absolute atomic E-state index is 11.3. The van der Waals surface area contributed by atoms with E-state index in [9.17, 15) is 15.0 Å². The fourth-order valence-corrected chi connectivity index (χ4v) is 3.51. The largest absolute Gasteiger partial charge is 0.478 e. The predicted molar refractivity (Wildman–Crippen MR) is 113 cm³/mol. The number of carboxylic acids is 1. The van der Waals surface area contributed by atoms with Crippen molar-refractivity contribution in [3.05, 3.63) is 76.3 Å². The lowest BCUT2D eigenvalue weighted by Crippen LogP contribution is -2.29. The first-order valence-electron chi connectivity index (χ1n) is 9.02. The normalized spacial score (nSPS) is 14.7. The summed E-state index contributed by atoms with van der Waals surface area (Å²) in [6.07, 6.45) is -0.558. The van der Waals surface area contributed by atoms with Gasteiger partial charge in [0, 0.05) is 5.56 Å². The number of hydrogen-bond donors (Lipinski definition) is 4. The van der Waals surface area contributed by atoms with Crippen LogP contribution in [0, 0.1) is 6.92 Å². The van der Waals surface area contributed by atoms with E-state index in [1.54, 1.807) is 19.1 Å². The minimum absolute atomic E-state index is 0.00863. The van der Waals surface area contributed by atoms with E-state index >= 15 is 0 Å². The smallest absolute Gasteiger partial charge is 0.336 e. The Bertz CT molecular complexity index is 1080. The van der Waals surface area contributed by atoms with Gasteiger partial charge in [-0.25, -0.2) is 4.79 Å². The van der Waals surface area contributed by atoms with Crippen LogP contribution in [-0.2, 0) is 6.61 Å². The van der Waals surface area contributed by atoms with Crippen molar-refractivity contribution in [1.29, 1.82) is 0 Å². The van der Waals surface area contributed by atoms with E-state index in [0.717, 1.165) is 28.1 Å². The van der Waals surface area contributed by atoms with E-state index in [4.69, 9.17) is 16.3 Å². The summed E-state index contributed by atoms with van der Waals surface area (Å²) in [4.78, 5) is 11.3. The molecule has 1 aliphatic heterocycles. The van der Waals surface area contributed by atoms with E-state index in [2.05, 4.69) is 10.6 Å². The molecule has 0 fully saturated rings. The molecular formula is C22H19ClN2O4. The topological polar surface area (TPSA) is 90.8 Å². The van der Waals surface area contributed by atoms with Crippen molar-refractivity contribution >= 4 is 28.9 Å². The minimum Gasteiger partial charge on any atom is -0.478 e. The first-order chi connectivity index (χ1) is 13.9. The summed E-state index contributed by atoms with van der Waals surface area (Å²) in [6.45, 7) is 1.73. The van der Waals surface area contributed by atoms with Crippen LogP contribution in [0.25, 0.3) is 11.1 Å². The number of aliphatic hydroxyl groups excluding tert-OH is 1. The Hall–Kier alpha value is -3.22. The van der Waals surface area contributed by atoms with Crippen LogP contribution in [0.3, 0.4) is 0 Å². The summed E-state index contributed by atoms with van der Waals surface area (Å²) >= 11 is 6.47. The van der Waals surface area contributed by atoms with E-state index in [1.165, 1.54) is 6.07 Å². The monoisotopic (exact) mass is 410 g/mol. The third-order valence-corrected chi connectivity index (χ3v) is 5.13. The van der Waals surface area contributed by atoms with Crippen molar-refractivity contribution in [1.82, 2.24) is 0 Å². The number of fused-ring (bicyclic) bond motifs is 1. The van der Waals surface area contributed by atoms with E-state index in [1.807, 2.05) is 36.4 Å². The third kappa shape index (κ3) is 3.85. The molecule has 0 radical (unpaired) electrons. The Kier molecular flexibility index (Phi) is 5.05. The number of aromatic carboxylic acids is 1. The Labute approximate surface area is 172 Å². The third-order valence-electron chi connectivity index (χ3n) is 4.82. The number of aliphatic hydroxyl groups is 1. The zero-order valence-corrected chi connectivity index (χ0v) is 16.3. The Morgan fingerprint density at radius 1 is 1.07 bits per heavy atom. The van der Waals surface area contributed by atoms with Gasteiger partial charge in [-0.2, -0.15) is 0 Å². The van der Waals surface area contributed by atoms with Crippen LogP contribution in [0.4, 0.5) is 11.4 Å². The van der Waals surface area contributed by atoms with E-state index in [0.29, 0.717) is 16.3 Å². The molecule has 0 amide bonds. The maximum Gasteiger partial charge on any atom is 0.336 e. The molecule has 0 aromatic heterocycles. The Morgan fingerprint density at radius 3 is 2.41 bits per heavy atom. The van der Waals surface area contributed by atoms with Crippen LogP contribution >= 0.6 is 11.6 Å². The summed E-state index contributed by atoms with van der Waals surface area (Å²) in [5.74, 6) is -0.552. The van der Waals surface area contributed by atoms with Crippen molar-refractivity contribution in [3.8, 4) is 16.9 Å². The lowest BCUT2D eigenvalue weighted by atomic mass is 10.0. The number of nitrogens with one attached hydrogen (secondary N) is 2. The van der Waals surface area contributed by atoms with Crippen LogP contribution in [0.2, 0.25) is 5.02 Å². The van der Waals surface area contributed by atoms with Crippen LogP contribution in [0.1, 0.15) is 21.5 Å². The number of aryl methyl sites for hydroxylation is 1. The number of hydrogen-bond acceptors (Lipinski definition) is 5. The summed E-state index contributed by atoms with van der Waals surface area (Å²) < 4.78 is 5.86. The molecule has 0 saturated carbocycles. The molecule has 3 aromatic rings. The lowest BCUT2D eigenvalue weighted by Gasteiger charge is -2.15. The summed E-state index contributed by atoms with van der Waals surface area (Å²) in [5, 5.41) is 25.5. The van der Waals surface area contributed by atoms with Gasteiger partial charge >= 0.3 is 5.97 Å². The molecule has 0 aliphatic carbocycles. The van der Waals surface area contributed by atoms with Crippen LogP contribution in [0.15, 0.2) is 54.6 Å². The SMILES string of the molecule is Cc1ccc(OC2Nc3cc(Cl)c(-c4ccc(CO)cc4)cc3N2)cc1C(=O)O. The molecule has 1 unspecified atom stereocenters. The highest BCUT2D eigenvalue weighted by molar-refractivity contribution is 6.34. The second-order valence-corrected chi connectivity index (χ2v) is 7.21. The van der Waals surface area contributed by atoms with Crippen molar-refractivity contribution in [2.45, 2.75) is 19.9 Å². The highest BCUT2D eigenvalue weighted by Crippen LogP contribution is 2.39. The average molecular weight is 411 g/mol. The molecule has 4 rings (SSSR count). The first kappa shape index (κ1) is 19.1. The van der Waals surface area contributed by atoms with Gasteiger partial charge in [-0.15, -0.1) is 0 Å². The quantitative estimate of drug-likeness (QED) is 0.487. The number of rotatable bonds is 5. The van der Waals surface area contributed by atoms with Gasteiger partial charge in [-0.05, 0) is 47.9 Å².